The molecule has 1 saturated carbocycles. The SMILES string of the molecule is Cc1ccc(C(=O)NCC2(CCl)CCCC2)c(O)c1. The largest absolute Gasteiger partial charge is 0.507 e. The standard InChI is InChI=1S/C15H20ClNO2/c1-11-4-5-12(13(18)8-11)14(19)17-10-15(9-16)6-2-3-7-15/h4-5,8,18H,2-3,6-7,9-10H2,1H3,(H,17,19). The summed E-state index contributed by atoms with van der Waals surface area (Å²) < 4.78 is 0. The molecule has 1 aliphatic carbocycles. The Labute approximate surface area is 119 Å². The third-order valence-electron chi connectivity index (χ3n) is 3.97. The van der Waals surface area contributed by atoms with Gasteiger partial charge in [0.1, 0.15) is 5.75 Å². The number of aryl methyl sites for hydroxylation is 1. The maximum absolute atomic E-state index is 12.1. The number of rotatable bonds is 4. The van der Waals surface area contributed by atoms with Gasteiger partial charge in [0.25, 0.3) is 5.91 Å². The Morgan fingerprint density at radius 1 is 1.42 bits per heavy atom. The first-order valence-corrected chi connectivity index (χ1v) is 7.24. The Kier molecular flexibility index (Phi) is 4.35. The summed E-state index contributed by atoms with van der Waals surface area (Å²) in [6, 6.07) is 5.07. The summed E-state index contributed by atoms with van der Waals surface area (Å²) in [5.41, 5.74) is 1.30. The summed E-state index contributed by atoms with van der Waals surface area (Å²) in [7, 11) is 0. The molecule has 2 N–H and O–H groups in total. The Bertz CT molecular complexity index is 467. The molecule has 1 aliphatic rings. The number of hydrogen-bond donors (Lipinski definition) is 2. The van der Waals surface area contributed by atoms with Crippen molar-refractivity contribution in [3.63, 3.8) is 0 Å². The Morgan fingerprint density at radius 2 is 2.11 bits per heavy atom. The maximum Gasteiger partial charge on any atom is 0.255 e. The fraction of sp³-hybridized carbons (Fsp3) is 0.533. The molecule has 19 heavy (non-hydrogen) atoms. The summed E-state index contributed by atoms with van der Waals surface area (Å²) in [5.74, 6) is 0.380. The van der Waals surface area contributed by atoms with Crippen molar-refractivity contribution in [3.05, 3.63) is 29.3 Å². The van der Waals surface area contributed by atoms with E-state index in [1.54, 1.807) is 12.1 Å². The van der Waals surface area contributed by atoms with Crippen molar-refractivity contribution in [1.29, 1.82) is 0 Å². The lowest BCUT2D eigenvalue weighted by atomic mass is 9.88. The molecule has 1 fully saturated rings. The van der Waals surface area contributed by atoms with E-state index in [1.807, 2.05) is 13.0 Å². The second-order valence-corrected chi connectivity index (χ2v) is 5.81. The molecule has 0 atom stereocenters. The predicted octanol–water partition coefficient (Wildman–Crippen LogP) is 3.23. The molecule has 0 bridgehead atoms. The fourth-order valence-corrected chi connectivity index (χ4v) is 3.04. The second kappa shape index (κ2) is 5.83. The van der Waals surface area contributed by atoms with Crippen LogP contribution in [0.1, 0.15) is 41.6 Å². The lowest BCUT2D eigenvalue weighted by molar-refractivity contribution is 0.0932. The smallest absolute Gasteiger partial charge is 0.255 e. The molecule has 1 amide bonds. The van der Waals surface area contributed by atoms with E-state index in [9.17, 15) is 9.90 Å². The van der Waals surface area contributed by atoms with Crippen LogP contribution in [0.2, 0.25) is 0 Å². The van der Waals surface area contributed by atoms with E-state index >= 15 is 0 Å². The quantitative estimate of drug-likeness (QED) is 0.833. The molecule has 1 aromatic carbocycles. The van der Waals surface area contributed by atoms with Gasteiger partial charge in [-0.3, -0.25) is 4.79 Å². The van der Waals surface area contributed by atoms with Gasteiger partial charge in [0.15, 0.2) is 0 Å². The number of aromatic hydroxyl groups is 1. The number of nitrogens with one attached hydrogen (secondary N) is 1. The van der Waals surface area contributed by atoms with Gasteiger partial charge in [-0.25, -0.2) is 0 Å². The molecule has 0 heterocycles. The van der Waals surface area contributed by atoms with Crippen LogP contribution in [0.5, 0.6) is 5.75 Å². The minimum Gasteiger partial charge on any atom is -0.507 e. The molecule has 104 valence electrons. The molecule has 0 aromatic heterocycles. The molecule has 0 spiro atoms. The van der Waals surface area contributed by atoms with E-state index in [2.05, 4.69) is 5.32 Å². The van der Waals surface area contributed by atoms with Crippen LogP contribution in [0.4, 0.5) is 0 Å². The van der Waals surface area contributed by atoms with Crippen molar-refractivity contribution in [3.8, 4) is 5.75 Å². The van der Waals surface area contributed by atoms with Crippen molar-refractivity contribution >= 4 is 17.5 Å². The number of halogens is 1. The van der Waals surface area contributed by atoms with Crippen LogP contribution in [-0.2, 0) is 0 Å². The van der Waals surface area contributed by atoms with Crippen LogP contribution in [-0.4, -0.2) is 23.4 Å². The zero-order valence-electron chi connectivity index (χ0n) is 11.2. The maximum atomic E-state index is 12.1. The number of benzene rings is 1. The van der Waals surface area contributed by atoms with Gasteiger partial charge >= 0.3 is 0 Å². The van der Waals surface area contributed by atoms with Crippen LogP contribution in [0.15, 0.2) is 18.2 Å². The van der Waals surface area contributed by atoms with E-state index in [0.717, 1.165) is 18.4 Å². The summed E-state index contributed by atoms with van der Waals surface area (Å²) in [6.07, 6.45) is 4.49. The molecule has 2 rings (SSSR count). The van der Waals surface area contributed by atoms with Gasteiger partial charge < -0.3 is 10.4 Å². The first-order valence-electron chi connectivity index (χ1n) is 6.70. The zero-order chi connectivity index (χ0) is 13.9. The monoisotopic (exact) mass is 281 g/mol. The first kappa shape index (κ1) is 14.2. The van der Waals surface area contributed by atoms with E-state index in [1.165, 1.54) is 12.8 Å². The normalized spacial score (nSPS) is 17.4. The van der Waals surface area contributed by atoms with Crippen molar-refractivity contribution < 1.29 is 9.90 Å². The first-order chi connectivity index (χ1) is 9.06. The van der Waals surface area contributed by atoms with Gasteiger partial charge in [-0.2, -0.15) is 0 Å². The number of phenols is 1. The highest BCUT2D eigenvalue weighted by Crippen LogP contribution is 2.38. The van der Waals surface area contributed by atoms with Crippen molar-refractivity contribution in [2.45, 2.75) is 32.6 Å². The third-order valence-corrected chi connectivity index (χ3v) is 4.54. The van der Waals surface area contributed by atoms with E-state index < -0.39 is 0 Å². The van der Waals surface area contributed by atoms with Gasteiger partial charge in [0.2, 0.25) is 0 Å². The third kappa shape index (κ3) is 3.21. The molecule has 0 aliphatic heterocycles. The highest BCUT2D eigenvalue weighted by Gasteiger charge is 2.33. The topological polar surface area (TPSA) is 49.3 Å². The summed E-state index contributed by atoms with van der Waals surface area (Å²) >= 11 is 6.05. The van der Waals surface area contributed by atoms with E-state index in [-0.39, 0.29) is 17.1 Å². The number of phenolic OH excluding ortho intramolecular Hbond substituents is 1. The van der Waals surface area contributed by atoms with Crippen LogP contribution in [0.3, 0.4) is 0 Å². The molecule has 3 nitrogen and oxygen atoms in total. The van der Waals surface area contributed by atoms with Crippen LogP contribution in [0.25, 0.3) is 0 Å². The zero-order valence-corrected chi connectivity index (χ0v) is 12.0. The molecule has 1 aromatic rings. The van der Waals surface area contributed by atoms with E-state index in [0.29, 0.717) is 18.0 Å². The van der Waals surface area contributed by atoms with Crippen LogP contribution in [0, 0.1) is 12.3 Å². The Balaban J connectivity index is 2.01. The summed E-state index contributed by atoms with van der Waals surface area (Å²) in [5, 5.41) is 12.7. The summed E-state index contributed by atoms with van der Waals surface area (Å²) in [4.78, 5) is 12.1. The molecular formula is C15H20ClNO2. The molecular weight excluding hydrogens is 262 g/mol. The van der Waals surface area contributed by atoms with Gasteiger partial charge in [0.05, 0.1) is 5.56 Å². The van der Waals surface area contributed by atoms with Gasteiger partial charge in [-0.15, -0.1) is 11.6 Å². The minimum absolute atomic E-state index is 0.0313. The van der Waals surface area contributed by atoms with E-state index in [4.69, 9.17) is 11.6 Å². The average Bonchev–Trinajstić information content (AvgIpc) is 2.85. The van der Waals surface area contributed by atoms with Gasteiger partial charge in [-0.1, -0.05) is 18.9 Å². The van der Waals surface area contributed by atoms with Crippen molar-refractivity contribution in [2.24, 2.45) is 5.41 Å². The van der Waals surface area contributed by atoms with Crippen molar-refractivity contribution in [2.75, 3.05) is 12.4 Å². The number of carbonyl (C=O) groups excluding carboxylic acids is 1. The van der Waals surface area contributed by atoms with Gasteiger partial charge in [0, 0.05) is 17.8 Å². The average molecular weight is 282 g/mol. The number of alkyl halides is 1. The second-order valence-electron chi connectivity index (χ2n) is 5.54. The Hall–Kier alpha value is -1.22. The number of carbonyl (C=O) groups is 1. The van der Waals surface area contributed by atoms with Crippen LogP contribution >= 0.6 is 11.6 Å². The Morgan fingerprint density at radius 3 is 2.68 bits per heavy atom. The number of amides is 1. The van der Waals surface area contributed by atoms with Gasteiger partial charge in [-0.05, 0) is 37.5 Å². The fourth-order valence-electron chi connectivity index (χ4n) is 2.68. The van der Waals surface area contributed by atoms with Crippen LogP contribution < -0.4 is 5.32 Å². The lowest BCUT2D eigenvalue weighted by Gasteiger charge is -2.26. The molecule has 0 radical (unpaired) electrons. The molecule has 4 heteroatoms. The highest BCUT2D eigenvalue weighted by atomic mass is 35.5. The molecule has 0 unspecified atom stereocenters. The minimum atomic E-state index is -0.228. The summed E-state index contributed by atoms with van der Waals surface area (Å²) in [6.45, 7) is 2.46. The lowest BCUT2D eigenvalue weighted by Crippen LogP contribution is -2.37. The molecule has 0 saturated heterocycles. The highest BCUT2D eigenvalue weighted by molar-refractivity contribution is 6.18. The predicted molar refractivity (Wildman–Crippen MR) is 76.8 cm³/mol. The number of hydrogen-bond acceptors (Lipinski definition) is 2. The van der Waals surface area contributed by atoms with Crippen molar-refractivity contribution in [1.82, 2.24) is 5.32 Å².